The Bertz CT molecular complexity index is 711. The molecule has 5 nitrogen and oxygen atoms in total. The Morgan fingerprint density at radius 1 is 1.46 bits per heavy atom. The van der Waals surface area contributed by atoms with Crippen molar-refractivity contribution in [3.63, 3.8) is 0 Å². The quantitative estimate of drug-likeness (QED) is 0.763. The van der Waals surface area contributed by atoms with Crippen molar-refractivity contribution in [1.82, 2.24) is 14.8 Å². The van der Waals surface area contributed by atoms with Crippen molar-refractivity contribution in [3.05, 3.63) is 41.2 Å². The van der Waals surface area contributed by atoms with Gasteiger partial charge in [-0.05, 0) is 17.7 Å². The lowest BCUT2D eigenvalue weighted by Crippen LogP contribution is -2.48. The van der Waals surface area contributed by atoms with Gasteiger partial charge < -0.3 is 9.80 Å². The van der Waals surface area contributed by atoms with Crippen molar-refractivity contribution in [2.24, 2.45) is 0 Å². The molecule has 1 atom stereocenters. The third kappa shape index (κ3) is 3.13. The zero-order chi connectivity index (χ0) is 17.5. The van der Waals surface area contributed by atoms with Crippen LogP contribution in [0.3, 0.4) is 0 Å². The molecular weight excluding hydrogens is 340 g/mol. The minimum atomic E-state index is -3.07. The molecule has 0 unspecified atom stereocenters. The summed E-state index contributed by atoms with van der Waals surface area (Å²) in [7, 11) is 0. The van der Waals surface area contributed by atoms with Crippen LogP contribution in [0, 0.1) is 0 Å². The van der Waals surface area contributed by atoms with Gasteiger partial charge in [-0.1, -0.05) is 18.2 Å². The summed E-state index contributed by atoms with van der Waals surface area (Å²) in [6.45, 7) is 3.18. The van der Waals surface area contributed by atoms with E-state index < -0.39 is 36.7 Å². The van der Waals surface area contributed by atoms with E-state index in [9.17, 15) is 18.4 Å². The van der Waals surface area contributed by atoms with Gasteiger partial charge in [0.05, 0.1) is 11.6 Å². The van der Waals surface area contributed by atoms with Gasteiger partial charge in [-0.25, -0.2) is 8.78 Å². The Balaban J connectivity index is 1.81. The highest BCUT2D eigenvalue weighted by atomic mass is 35.5. The van der Waals surface area contributed by atoms with Crippen LogP contribution in [0.2, 0.25) is 5.02 Å². The molecule has 3 heterocycles. The standard InChI is InChI=1S/C16H16ClF2N3O2/c1-2-14(23)22-9-16(18,19)6-13(22)15(24)21-4-3-12-10(8-21)5-11(17)7-20-12/h2,5,7,13H,1,3-4,6,8-9H2/t13-/m0/s1. The van der Waals surface area contributed by atoms with Crippen LogP contribution in [0.15, 0.2) is 24.9 Å². The van der Waals surface area contributed by atoms with E-state index in [0.717, 1.165) is 22.2 Å². The molecule has 0 aliphatic carbocycles. The van der Waals surface area contributed by atoms with Crippen LogP contribution in [0.25, 0.3) is 0 Å². The van der Waals surface area contributed by atoms with E-state index in [1.165, 1.54) is 4.90 Å². The number of fused-ring (bicyclic) bond motifs is 1. The monoisotopic (exact) mass is 355 g/mol. The van der Waals surface area contributed by atoms with Gasteiger partial charge in [-0.15, -0.1) is 0 Å². The van der Waals surface area contributed by atoms with E-state index in [4.69, 9.17) is 11.6 Å². The van der Waals surface area contributed by atoms with Crippen molar-refractivity contribution in [2.75, 3.05) is 13.1 Å². The van der Waals surface area contributed by atoms with Crippen LogP contribution in [0.4, 0.5) is 8.78 Å². The fourth-order valence-electron chi connectivity index (χ4n) is 3.18. The third-order valence-corrected chi connectivity index (χ3v) is 4.54. The SMILES string of the molecule is C=CC(=O)N1CC(F)(F)C[C@H]1C(=O)N1CCc2ncc(Cl)cc2C1. The summed E-state index contributed by atoms with van der Waals surface area (Å²) in [6.07, 6.45) is 2.36. The number of pyridine rings is 1. The fourth-order valence-corrected chi connectivity index (χ4v) is 3.36. The first kappa shape index (κ1) is 16.8. The zero-order valence-electron chi connectivity index (χ0n) is 12.8. The molecule has 0 N–H and O–H groups in total. The molecule has 2 aliphatic rings. The minimum Gasteiger partial charge on any atom is -0.336 e. The zero-order valence-corrected chi connectivity index (χ0v) is 13.6. The Morgan fingerprint density at radius 3 is 2.92 bits per heavy atom. The first-order chi connectivity index (χ1) is 11.3. The van der Waals surface area contributed by atoms with Crippen molar-refractivity contribution in [2.45, 2.75) is 31.4 Å². The van der Waals surface area contributed by atoms with E-state index in [1.54, 1.807) is 12.3 Å². The summed E-state index contributed by atoms with van der Waals surface area (Å²) in [5, 5.41) is 0.457. The molecule has 0 bridgehead atoms. The number of nitrogens with zero attached hydrogens (tertiary/aromatic N) is 3. The molecule has 0 spiro atoms. The van der Waals surface area contributed by atoms with Gasteiger partial charge >= 0.3 is 0 Å². The maximum absolute atomic E-state index is 13.7. The molecule has 3 rings (SSSR count). The summed E-state index contributed by atoms with van der Waals surface area (Å²) in [6, 6.07) is 0.554. The fraction of sp³-hybridized carbons (Fsp3) is 0.438. The summed E-state index contributed by atoms with van der Waals surface area (Å²) in [5.41, 5.74) is 1.65. The molecule has 128 valence electrons. The van der Waals surface area contributed by atoms with Gasteiger partial charge in [0.2, 0.25) is 11.8 Å². The van der Waals surface area contributed by atoms with Crippen LogP contribution < -0.4 is 0 Å². The summed E-state index contributed by atoms with van der Waals surface area (Å²) >= 11 is 5.92. The van der Waals surface area contributed by atoms with Gasteiger partial charge in [-0.2, -0.15) is 0 Å². The van der Waals surface area contributed by atoms with Crippen LogP contribution in [0.5, 0.6) is 0 Å². The lowest BCUT2D eigenvalue weighted by atomic mass is 10.0. The molecule has 24 heavy (non-hydrogen) atoms. The van der Waals surface area contributed by atoms with Crippen LogP contribution >= 0.6 is 11.6 Å². The highest BCUT2D eigenvalue weighted by molar-refractivity contribution is 6.30. The number of likely N-dealkylation sites (tertiary alicyclic amines) is 1. The Kier molecular flexibility index (Phi) is 4.29. The summed E-state index contributed by atoms with van der Waals surface area (Å²) < 4.78 is 27.5. The second kappa shape index (κ2) is 6.12. The highest BCUT2D eigenvalue weighted by Crippen LogP contribution is 2.34. The van der Waals surface area contributed by atoms with Crippen LogP contribution in [-0.2, 0) is 22.6 Å². The van der Waals surface area contributed by atoms with Crippen LogP contribution in [0.1, 0.15) is 17.7 Å². The number of carbonyl (C=O) groups excluding carboxylic acids is 2. The van der Waals surface area contributed by atoms with Gasteiger partial charge in [0.25, 0.3) is 5.92 Å². The van der Waals surface area contributed by atoms with Gasteiger partial charge in [0.15, 0.2) is 0 Å². The largest absolute Gasteiger partial charge is 0.336 e. The number of amides is 2. The maximum atomic E-state index is 13.7. The molecule has 1 aromatic rings. The number of halogens is 3. The lowest BCUT2D eigenvalue weighted by molar-refractivity contribution is -0.142. The third-order valence-electron chi connectivity index (χ3n) is 4.33. The average Bonchev–Trinajstić information content (AvgIpc) is 2.88. The van der Waals surface area contributed by atoms with Crippen molar-refractivity contribution < 1.29 is 18.4 Å². The maximum Gasteiger partial charge on any atom is 0.267 e. The van der Waals surface area contributed by atoms with Gasteiger partial charge in [0.1, 0.15) is 6.04 Å². The number of alkyl halides is 2. The second-order valence-corrected chi connectivity index (χ2v) is 6.45. The molecule has 1 saturated heterocycles. The molecule has 8 heteroatoms. The van der Waals surface area contributed by atoms with E-state index in [0.29, 0.717) is 18.0 Å². The van der Waals surface area contributed by atoms with Crippen molar-refractivity contribution in [3.8, 4) is 0 Å². The Morgan fingerprint density at radius 2 is 2.21 bits per heavy atom. The predicted molar refractivity (Wildman–Crippen MR) is 83.6 cm³/mol. The first-order valence-electron chi connectivity index (χ1n) is 7.54. The molecule has 0 aromatic carbocycles. The molecule has 0 radical (unpaired) electrons. The van der Waals surface area contributed by atoms with Crippen molar-refractivity contribution >= 4 is 23.4 Å². The smallest absolute Gasteiger partial charge is 0.267 e. The molecule has 0 saturated carbocycles. The van der Waals surface area contributed by atoms with Crippen LogP contribution in [-0.4, -0.2) is 51.7 Å². The van der Waals surface area contributed by atoms with E-state index in [-0.39, 0.29) is 6.54 Å². The summed E-state index contributed by atoms with van der Waals surface area (Å²) in [4.78, 5) is 31.2. The van der Waals surface area contributed by atoms with Gasteiger partial charge in [-0.3, -0.25) is 14.6 Å². The molecular formula is C16H16ClF2N3O2. The topological polar surface area (TPSA) is 53.5 Å². The number of carbonyl (C=O) groups is 2. The number of hydrogen-bond donors (Lipinski definition) is 0. The minimum absolute atomic E-state index is 0.250. The normalized spacial score (nSPS) is 22.2. The molecule has 1 fully saturated rings. The second-order valence-electron chi connectivity index (χ2n) is 6.02. The predicted octanol–water partition coefficient (Wildman–Crippen LogP) is 2.04. The number of rotatable bonds is 2. The molecule has 2 amide bonds. The highest BCUT2D eigenvalue weighted by Gasteiger charge is 2.50. The van der Waals surface area contributed by atoms with Gasteiger partial charge in [0, 0.05) is 37.8 Å². The Hall–Kier alpha value is -2.02. The Labute approximate surface area is 142 Å². The van der Waals surface area contributed by atoms with E-state index in [2.05, 4.69) is 11.6 Å². The van der Waals surface area contributed by atoms with E-state index >= 15 is 0 Å². The lowest BCUT2D eigenvalue weighted by Gasteiger charge is -2.32. The number of hydrogen-bond acceptors (Lipinski definition) is 3. The number of aromatic nitrogens is 1. The molecule has 1 aromatic heterocycles. The molecule has 2 aliphatic heterocycles. The first-order valence-corrected chi connectivity index (χ1v) is 7.91. The average molecular weight is 356 g/mol. The van der Waals surface area contributed by atoms with E-state index in [1.807, 2.05) is 0 Å². The van der Waals surface area contributed by atoms with Crippen molar-refractivity contribution in [1.29, 1.82) is 0 Å². The summed E-state index contributed by atoms with van der Waals surface area (Å²) in [5.74, 6) is -4.21.